The number of fused-ring (bicyclic) bond motifs is 2. The van der Waals surface area contributed by atoms with Crippen molar-refractivity contribution in [1.29, 1.82) is 0 Å². The van der Waals surface area contributed by atoms with Gasteiger partial charge in [-0.3, -0.25) is 0 Å². The van der Waals surface area contributed by atoms with Crippen LogP contribution in [0.3, 0.4) is 0 Å². The van der Waals surface area contributed by atoms with Gasteiger partial charge in [-0.05, 0) is 54.9 Å². The first kappa shape index (κ1) is 14.2. The summed E-state index contributed by atoms with van der Waals surface area (Å²) >= 11 is 0. The number of aryl methyl sites for hydroxylation is 2. The summed E-state index contributed by atoms with van der Waals surface area (Å²) in [6.45, 7) is 1.64. The molecule has 0 spiro atoms. The Hall–Kier alpha value is -2.36. The van der Waals surface area contributed by atoms with E-state index in [9.17, 15) is 9.90 Å². The second-order valence-corrected chi connectivity index (χ2v) is 6.38. The Balaban J connectivity index is 1.69. The molecule has 0 amide bonds. The van der Waals surface area contributed by atoms with Crippen LogP contribution >= 0.6 is 0 Å². The number of aromatic carboxylic acids is 1. The molecule has 2 aliphatic rings. The molecule has 118 valence electrons. The quantitative estimate of drug-likeness (QED) is 0.927. The standard InChI is InChI=1S/C19H20N2O2/c22-19(23)16-12-15-6-3-7-17(15)20-18(16)21-10-8-13-4-1-2-5-14(13)9-11-21/h1-2,4-5,12H,3,6-11H2,(H,22,23). The number of carbonyl (C=O) groups is 1. The van der Waals surface area contributed by atoms with Crippen molar-refractivity contribution in [2.24, 2.45) is 0 Å². The number of pyridine rings is 1. The van der Waals surface area contributed by atoms with Crippen LogP contribution in [-0.4, -0.2) is 29.1 Å². The molecule has 2 aromatic rings. The molecule has 1 N–H and O–H groups in total. The predicted molar refractivity (Wildman–Crippen MR) is 89.3 cm³/mol. The minimum atomic E-state index is -0.871. The molecule has 0 saturated carbocycles. The monoisotopic (exact) mass is 308 g/mol. The number of nitrogens with zero attached hydrogens (tertiary/aromatic N) is 2. The van der Waals surface area contributed by atoms with Gasteiger partial charge in [0.1, 0.15) is 11.4 Å². The van der Waals surface area contributed by atoms with Gasteiger partial charge in [-0.15, -0.1) is 0 Å². The van der Waals surface area contributed by atoms with Crippen molar-refractivity contribution >= 4 is 11.8 Å². The maximum atomic E-state index is 11.7. The lowest BCUT2D eigenvalue weighted by Gasteiger charge is -2.24. The minimum Gasteiger partial charge on any atom is -0.478 e. The summed E-state index contributed by atoms with van der Waals surface area (Å²) in [7, 11) is 0. The van der Waals surface area contributed by atoms with Crippen LogP contribution in [0.25, 0.3) is 0 Å². The minimum absolute atomic E-state index is 0.358. The molecular formula is C19H20N2O2. The Labute approximate surface area is 135 Å². The molecule has 23 heavy (non-hydrogen) atoms. The second kappa shape index (κ2) is 5.69. The van der Waals surface area contributed by atoms with Gasteiger partial charge in [-0.2, -0.15) is 0 Å². The van der Waals surface area contributed by atoms with Gasteiger partial charge in [-0.1, -0.05) is 24.3 Å². The highest BCUT2D eigenvalue weighted by Gasteiger charge is 2.24. The molecule has 1 aromatic carbocycles. The second-order valence-electron chi connectivity index (χ2n) is 6.38. The van der Waals surface area contributed by atoms with Gasteiger partial charge in [0.2, 0.25) is 0 Å². The van der Waals surface area contributed by atoms with Gasteiger partial charge >= 0.3 is 5.97 Å². The molecule has 4 nitrogen and oxygen atoms in total. The molecule has 0 saturated heterocycles. The van der Waals surface area contributed by atoms with Crippen molar-refractivity contribution in [2.75, 3.05) is 18.0 Å². The number of carboxylic acids is 1. The van der Waals surface area contributed by atoms with Crippen molar-refractivity contribution in [1.82, 2.24) is 4.98 Å². The Kier molecular flexibility index (Phi) is 3.52. The number of hydrogen-bond donors (Lipinski definition) is 1. The van der Waals surface area contributed by atoms with Gasteiger partial charge in [-0.25, -0.2) is 9.78 Å². The Morgan fingerprint density at radius 2 is 1.70 bits per heavy atom. The largest absolute Gasteiger partial charge is 0.478 e. The number of anilines is 1. The highest BCUT2D eigenvalue weighted by Crippen LogP contribution is 2.29. The summed E-state index contributed by atoms with van der Waals surface area (Å²) in [6, 6.07) is 10.3. The van der Waals surface area contributed by atoms with Crippen LogP contribution in [-0.2, 0) is 25.7 Å². The summed E-state index contributed by atoms with van der Waals surface area (Å²) in [5, 5.41) is 9.60. The lowest BCUT2D eigenvalue weighted by atomic mass is 10.0. The molecule has 0 unspecified atom stereocenters. The van der Waals surface area contributed by atoms with E-state index in [1.165, 1.54) is 11.1 Å². The van der Waals surface area contributed by atoms with Gasteiger partial charge in [0.05, 0.1) is 0 Å². The fraction of sp³-hybridized carbons (Fsp3) is 0.368. The Morgan fingerprint density at radius 1 is 1.00 bits per heavy atom. The third-order valence-corrected chi connectivity index (χ3v) is 4.98. The highest BCUT2D eigenvalue weighted by molar-refractivity contribution is 5.93. The van der Waals surface area contributed by atoms with Crippen LogP contribution in [0.4, 0.5) is 5.82 Å². The van der Waals surface area contributed by atoms with Crippen LogP contribution in [0.15, 0.2) is 30.3 Å². The number of aromatic nitrogens is 1. The number of carboxylic acid groups (broad SMARTS) is 1. The third-order valence-electron chi connectivity index (χ3n) is 4.98. The van der Waals surface area contributed by atoms with Crippen LogP contribution in [0.1, 0.15) is 39.2 Å². The number of benzene rings is 1. The van der Waals surface area contributed by atoms with E-state index >= 15 is 0 Å². The van der Waals surface area contributed by atoms with E-state index in [2.05, 4.69) is 29.2 Å². The first-order valence-electron chi connectivity index (χ1n) is 8.30. The van der Waals surface area contributed by atoms with E-state index in [0.29, 0.717) is 11.4 Å². The van der Waals surface area contributed by atoms with Crippen molar-refractivity contribution in [2.45, 2.75) is 32.1 Å². The lowest BCUT2D eigenvalue weighted by molar-refractivity contribution is 0.0697. The molecule has 0 bridgehead atoms. The summed E-state index contributed by atoms with van der Waals surface area (Å²) in [5.41, 5.74) is 5.30. The third kappa shape index (κ3) is 2.58. The van der Waals surface area contributed by atoms with E-state index < -0.39 is 5.97 Å². The SMILES string of the molecule is O=C(O)c1cc2c(nc1N1CCc3ccccc3CC1)CCC2. The van der Waals surface area contributed by atoms with E-state index in [1.807, 2.05) is 6.07 Å². The van der Waals surface area contributed by atoms with Gasteiger partial charge < -0.3 is 10.0 Å². The summed E-state index contributed by atoms with van der Waals surface area (Å²) in [6.07, 6.45) is 4.88. The van der Waals surface area contributed by atoms with Crippen LogP contribution in [0.2, 0.25) is 0 Å². The molecule has 0 radical (unpaired) electrons. The predicted octanol–water partition coefficient (Wildman–Crippen LogP) is 2.87. The smallest absolute Gasteiger partial charge is 0.339 e. The van der Waals surface area contributed by atoms with Gasteiger partial charge in [0.15, 0.2) is 0 Å². The average Bonchev–Trinajstić information content (AvgIpc) is 2.91. The fourth-order valence-electron chi connectivity index (χ4n) is 3.74. The molecular weight excluding hydrogens is 288 g/mol. The molecule has 4 rings (SSSR count). The van der Waals surface area contributed by atoms with Crippen LogP contribution in [0.5, 0.6) is 0 Å². The van der Waals surface area contributed by atoms with Crippen molar-refractivity contribution in [3.05, 3.63) is 58.3 Å². The normalized spacial score (nSPS) is 16.6. The Bertz CT molecular complexity index is 743. The fourth-order valence-corrected chi connectivity index (χ4v) is 3.74. The van der Waals surface area contributed by atoms with Crippen molar-refractivity contribution < 1.29 is 9.90 Å². The number of hydrogen-bond acceptors (Lipinski definition) is 3. The van der Waals surface area contributed by atoms with Crippen LogP contribution < -0.4 is 4.90 Å². The lowest BCUT2D eigenvalue weighted by Crippen LogP contribution is -2.29. The zero-order valence-corrected chi connectivity index (χ0v) is 13.1. The molecule has 1 aliphatic carbocycles. The summed E-state index contributed by atoms with van der Waals surface area (Å²) < 4.78 is 0. The number of rotatable bonds is 2. The molecule has 0 fully saturated rings. The molecule has 0 atom stereocenters. The maximum Gasteiger partial charge on any atom is 0.339 e. The average molecular weight is 308 g/mol. The van der Waals surface area contributed by atoms with Gasteiger partial charge in [0.25, 0.3) is 0 Å². The topological polar surface area (TPSA) is 53.4 Å². The van der Waals surface area contributed by atoms with E-state index in [4.69, 9.17) is 4.98 Å². The van der Waals surface area contributed by atoms with E-state index in [1.54, 1.807) is 0 Å². The zero-order valence-electron chi connectivity index (χ0n) is 13.1. The zero-order chi connectivity index (χ0) is 15.8. The maximum absolute atomic E-state index is 11.7. The van der Waals surface area contributed by atoms with Crippen LogP contribution in [0, 0.1) is 0 Å². The van der Waals surface area contributed by atoms with Crippen molar-refractivity contribution in [3.63, 3.8) is 0 Å². The van der Waals surface area contributed by atoms with Crippen molar-refractivity contribution in [3.8, 4) is 0 Å². The highest BCUT2D eigenvalue weighted by atomic mass is 16.4. The Morgan fingerprint density at radius 3 is 2.35 bits per heavy atom. The van der Waals surface area contributed by atoms with Gasteiger partial charge in [0, 0.05) is 18.8 Å². The first-order valence-corrected chi connectivity index (χ1v) is 8.30. The molecule has 4 heteroatoms. The van der Waals surface area contributed by atoms with E-state index in [0.717, 1.165) is 56.5 Å². The first-order chi connectivity index (χ1) is 11.2. The van der Waals surface area contributed by atoms with E-state index in [-0.39, 0.29) is 0 Å². The molecule has 1 aliphatic heterocycles. The summed E-state index contributed by atoms with van der Waals surface area (Å²) in [5.74, 6) is -0.213. The molecule has 2 heterocycles. The molecule has 1 aromatic heterocycles. The summed E-state index contributed by atoms with van der Waals surface area (Å²) in [4.78, 5) is 18.6.